The van der Waals surface area contributed by atoms with Gasteiger partial charge in [-0.05, 0) is 62.3 Å². The van der Waals surface area contributed by atoms with Crippen molar-refractivity contribution in [2.75, 3.05) is 11.9 Å². The molecule has 5 rings (SSSR count). The molecular weight excluding hydrogens is 478 g/mol. The Labute approximate surface area is 199 Å². The fraction of sp³-hybridized carbons (Fsp3) is 0.318. The van der Waals surface area contributed by atoms with Gasteiger partial charge >= 0.3 is 0 Å². The summed E-state index contributed by atoms with van der Waals surface area (Å²) < 4.78 is 30.3. The number of rotatable bonds is 5. The van der Waals surface area contributed by atoms with Gasteiger partial charge in [-0.15, -0.1) is 11.3 Å². The highest BCUT2D eigenvalue weighted by Gasteiger charge is 2.40. The molecule has 1 aromatic carbocycles. The van der Waals surface area contributed by atoms with E-state index in [1.807, 2.05) is 20.8 Å². The fourth-order valence-electron chi connectivity index (χ4n) is 4.21. The molecule has 1 atom stereocenters. The van der Waals surface area contributed by atoms with Crippen LogP contribution in [0.15, 0.2) is 39.9 Å². The van der Waals surface area contributed by atoms with Gasteiger partial charge in [-0.1, -0.05) is 23.5 Å². The molecule has 4 aromatic rings. The van der Waals surface area contributed by atoms with Gasteiger partial charge in [0, 0.05) is 12.6 Å². The number of aryl methyl sites for hydroxylation is 3. The number of anilines is 1. The molecule has 1 aliphatic heterocycles. The lowest BCUT2D eigenvalue weighted by Crippen LogP contribution is -2.43. The van der Waals surface area contributed by atoms with Crippen molar-refractivity contribution >= 4 is 54.6 Å². The largest absolute Gasteiger partial charge is 0.309 e. The summed E-state index contributed by atoms with van der Waals surface area (Å²) in [5, 5.41) is 9.82. The van der Waals surface area contributed by atoms with Gasteiger partial charge in [-0.2, -0.15) is 14.1 Å². The molecule has 4 heterocycles. The van der Waals surface area contributed by atoms with Crippen molar-refractivity contribution in [1.29, 1.82) is 0 Å². The maximum absolute atomic E-state index is 13.2. The monoisotopic (exact) mass is 501 g/mol. The number of hydrogen-bond acceptors (Lipinski definition) is 7. The Morgan fingerprint density at radius 1 is 1.21 bits per heavy atom. The van der Waals surface area contributed by atoms with Crippen molar-refractivity contribution in [1.82, 2.24) is 19.1 Å². The zero-order valence-corrected chi connectivity index (χ0v) is 20.9. The molecule has 1 saturated heterocycles. The van der Waals surface area contributed by atoms with Crippen LogP contribution in [0.2, 0.25) is 0 Å². The van der Waals surface area contributed by atoms with Crippen LogP contribution in [0.25, 0.3) is 15.3 Å². The molecule has 1 N–H and O–H groups in total. The lowest BCUT2D eigenvalue weighted by molar-refractivity contribution is -0.119. The lowest BCUT2D eigenvalue weighted by Gasteiger charge is -2.22. The van der Waals surface area contributed by atoms with E-state index in [4.69, 9.17) is 4.98 Å². The molecule has 1 amide bonds. The molecule has 33 heavy (non-hydrogen) atoms. The van der Waals surface area contributed by atoms with Gasteiger partial charge in [0.2, 0.25) is 11.0 Å². The lowest BCUT2D eigenvalue weighted by atomic mass is 10.1. The average Bonchev–Trinajstić information content (AvgIpc) is 3.53. The molecule has 1 aliphatic rings. The van der Waals surface area contributed by atoms with Crippen LogP contribution in [-0.4, -0.2) is 46.0 Å². The zero-order valence-electron chi connectivity index (χ0n) is 18.4. The number of aromatic nitrogens is 3. The molecule has 1 fully saturated rings. The number of carbonyl (C=O) groups excluding carboxylic acids is 1. The van der Waals surface area contributed by atoms with Crippen molar-refractivity contribution in [2.24, 2.45) is 0 Å². The second-order valence-electron chi connectivity index (χ2n) is 8.20. The molecule has 0 spiro atoms. The van der Waals surface area contributed by atoms with Crippen molar-refractivity contribution in [2.45, 2.75) is 43.9 Å². The highest BCUT2D eigenvalue weighted by Crippen LogP contribution is 2.32. The second kappa shape index (κ2) is 8.32. The Hall–Kier alpha value is -2.60. The van der Waals surface area contributed by atoms with Crippen molar-refractivity contribution in [3.05, 3.63) is 52.5 Å². The Morgan fingerprint density at radius 3 is 2.79 bits per heavy atom. The van der Waals surface area contributed by atoms with E-state index in [9.17, 15) is 13.2 Å². The maximum atomic E-state index is 13.2. The number of carbonyl (C=O) groups is 1. The highest BCUT2D eigenvalue weighted by atomic mass is 32.2. The zero-order chi connectivity index (χ0) is 23.3. The topological polar surface area (TPSA) is 97.2 Å². The van der Waals surface area contributed by atoms with Gasteiger partial charge in [0.25, 0.3) is 10.0 Å². The number of hydrogen-bond donors (Lipinski definition) is 1. The molecule has 172 valence electrons. The normalized spacial score (nSPS) is 17.1. The first-order chi connectivity index (χ1) is 15.7. The first-order valence-electron chi connectivity index (χ1n) is 10.5. The third-order valence-electron chi connectivity index (χ3n) is 5.65. The van der Waals surface area contributed by atoms with E-state index in [1.54, 1.807) is 28.3 Å². The van der Waals surface area contributed by atoms with Crippen LogP contribution in [0.5, 0.6) is 0 Å². The van der Waals surface area contributed by atoms with Gasteiger partial charge in [0.15, 0.2) is 0 Å². The minimum absolute atomic E-state index is 0.253. The Bertz CT molecular complexity index is 1450. The fourth-order valence-corrected chi connectivity index (χ4v) is 8.09. The van der Waals surface area contributed by atoms with Crippen LogP contribution < -0.4 is 5.32 Å². The third kappa shape index (κ3) is 3.99. The maximum Gasteiger partial charge on any atom is 0.253 e. The summed E-state index contributed by atoms with van der Waals surface area (Å²) in [5.74, 6) is 0.119. The number of fused-ring (bicyclic) bond motifs is 1. The van der Waals surface area contributed by atoms with Crippen LogP contribution >= 0.6 is 22.7 Å². The molecule has 8 nitrogen and oxygen atoms in total. The minimum atomic E-state index is -3.71. The van der Waals surface area contributed by atoms with Crippen molar-refractivity contribution < 1.29 is 13.2 Å². The molecule has 1 unspecified atom stereocenters. The molecule has 3 aromatic heterocycles. The number of nitrogens with one attached hydrogen (secondary N) is 1. The summed E-state index contributed by atoms with van der Waals surface area (Å²) >= 11 is 2.66. The number of amides is 1. The molecule has 0 radical (unpaired) electrons. The molecule has 0 aliphatic carbocycles. The van der Waals surface area contributed by atoms with Crippen LogP contribution in [0.4, 0.5) is 5.82 Å². The Balaban J connectivity index is 1.45. The predicted molar refractivity (Wildman–Crippen MR) is 131 cm³/mol. The summed E-state index contributed by atoms with van der Waals surface area (Å²) in [6, 6.07) is 8.46. The summed E-state index contributed by atoms with van der Waals surface area (Å²) in [4.78, 5) is 18.0. The van der Waals surface area contributed by atoms with Gasteiger partial charge in [0.1, 0.15) is 16.1 Å². The van der Waals surface area contributed by atoms with Gasteiger partial charge in [-0.25, -0.2) is 13.4 Å². The van der Waals surface area contributed by atoms with E-state index in [0.717, 1.165) is 38.4 Å². The summed E-state index contributed by atoms with van der Waals surface area (Å²) in [6.07, 6.45) is 1.11. The average molecular weight is 502 g/mol. The van der Waals surface area contributed by atoms with Gasteiger partial charge in [0.05, 0.1) is 15.9 Å². The van der Waals surface area contributed by atoms with Crippen LogP contribution in [0, 0.1) is 20.8 Å². The summed E-state index contributed by atoms with van der Waals surface area (Å²) in [6.45, 7) is 6.25. The first-order valence-corrected chi connectivity index (χ1v) is 13.7. The van der Waals surface area contributed by atoms with Gasteiger partial charge < -0.3 is 5.32 Å². The summed E-state index contributed by atoms with van der Waals surface area (Å²) in [5.41, 5.74) is 3.89. The van der Waals surface area contributed by atoms with E-state index in [1.165, 1.54) is 15.6 Å². The van der Waals surface area contributed by atoms with E-state index in [2.05, 4.69) is 22.5 Å². The number of nitrogens with zero attached hydrogens (tertiary/aromatic N) is 4. The second-order valence-corrected chi connectivity index (χ2v) is 12.3. The van der Waals surface area contributed by atoms with Crippen molar-refractivity contribution in [3.8, 4) is 5.13 Å². The SMILES string of the molecule is Cc1cc(C)c2nc(-n3nc(C)cc3NC(=O)C3CCCN3S(=O)(=O)c3cccs3)sc2c1. The van der Waals surface area contributed by atoms with E-state index < -0.39 is 16.1 Å². The first kappa shape index (κ1) is 22.2. The number of thiazole rings is 1. The molecule has 11 heteroatoms. The van der Waals surface area contributed by atoms with E-state index in [-0.39, 0.29) is 10.1 Å². The Morgan fingerprint density at radius 2 is 2.03 bits per heavy atom. The number of thiophene rings is 1. The van der Waals surface area contributed by atoms with Crippen molar-refractivity contribution in [3.63, 3.8) is 0 Å². The Kier molecular flexibility index (Phi) is 5.60. The van der Waals surface area contributed by atoms with Crippen LogP contribution in [0.1, 0.15) is 29.7 Å². The van der Waals surface area contributed by atoms with E-state index >= 15 is 0 Å². The number of sulfonamides is 1. The van der Waals surface area contributed by atoms with Gasteiger partial charge in [-0.3, -0.25) is 4.79 Å². The smallest absolute Gasteiger partial charge is 0.253 e. The highest BCUT2D eigenvalue weighted by molar-refractivity contribution is 7.91. The number of benzene rings is 1. The van der Waals surface area contributed by atoms with E-state index in [0.29, 0.717) is 30.3 Å². The molecule has 0 saturated carbocycles. The molecular formula is C22H23N5O3S3. The standard InChI is InChI=1S/C22H23N5O3S3/c1-13-10-14(2)20-17(11-13)32-22(24-20)27-18(12-15(3)25-27)23-21(28)16-6-4-8-26(16)33(29,30)19-7-5-9-31-19/h5,7,9-12,16H,4,6,8H2,1-3H3,(H,23,28). The quantitative estimate of drug-likeness (QED) is 0.441. The molecule has 0 bridgehead atoms. The summed E-state index contributed by atoms with van der Waals surface area (Å²) in [7, 11) is -3.71. The minimum Gasteiger partial charge on any atom is -0.309 e. The predicted octanol–water partition coefficient (Wildman–Crippen LogP) is 4.26. The third-order valence-corrected chi connectivity index (χ3v) is 9.91. The van der Waals surface area contributed by atoms with Crippen LogP contribution in [-0.2, 0) is 14.8 Å². The van der Waals surface area contributed by atoms with Crippen LogP contribution in [0.3, 0.4) is 0 Å².